The molecule has 0 fully saturated rings. The molecule has 0 bridgehead atoms. The number of carbonyl (C=O) groups excluding carboxylic acids is 1. The largest absolute Gasteiger partial charge is 0.481 e. The summed E-state index contributed by atoms with van der Waals surface area (Å²) in [6.07, 6.45) is 1.72. The van der Waals surface area contributed by atoms with Crippen molar-refractivity contribution in [3.05, 3.63) is 0 Å². The smallest absolute Gasteiger partial charge is 0.308 e. The van der Waals surface area contributed by atoms with Crippen molar-refractivity contribution in [1.29, 1.82) is 0 Å². The summed E-state index contributed by atoms with van der Waals surface area (Å²) in [4.78, 5) is 22.2. The second kappa shape index (κ2) is 8.95. The van der Waals surface area contributed by atoms with E-state index < -0.39 is 17.9 Å². The number of hydrogen-bond donors (Lipinski definition) is 3. The van der Waals surface area contributed by atoms with Crippen LogP contribution in [0.1, 0.15) is 26.2 Å². The van der Waals surface area contributed by atoms with Gasteiger partial charge >= 0.3 is 5.97 Å². The molecular weight excluding hydrogens is 224 g/mol. The zero-order valence-corrected chi connectivity index (χ0v) is 10.4. The van der Waals surface area contributed by atoms with Crippen LogP contribution in [0.5, 0.6) is 0 Å². The van der Waals surface area contributed by atoms with Crippen molar-refractivity contribution < 1.29 is 19.4 Å². The lowest BCUT2D eigenvalue weighted by atomic mass is 10.1. The van der Waals surface area contributed by atoms with Crippen LogP contribution in [0.25, 0.3) is 0 Å². The second-order valence-corrected chi connectivity index (χ2v) is 3.93. The summed E-state index contributed by atoms with van der Waals surface area (Å²) in [5.41, 5.74) is 5.65. The molecule has 4 N–H and O–H groups in total. The predicted molar refractivity (Wildman–Crippen MR) is 63.5 cm³/mol. The summed E-state index contributed by atoms with van der Waals surface area (Å²) in [7, 11) is 1.59. The van der Waals surface area contributed by atoms with E-state index >= 15 is 0 Å². The van der Waals surface area contributed by atoms with Crippen LogP contribution in [-0.4, -0.2) is 43.3 Å². The van der Waals surface area contributed by atoms with Gasteiger partial charge < -0.3 is 20.9 Å². The predicted octanol–water partition coefficient (Wildman–Crippen LogP) is -0.0327. The molecule has 2 atom stereocenters. The standard InChI is InChI=1S/C11H22N2O4/c1-3-8(11(15)16)7-13-10(14)9(12)5-4-6-17-2/h8-9H,3-7,12H2,1-2H3,(H,13,14)(H,15,16). The Morgan fingerprint density at radius 3 is 2.59 bits per heavy atom. The topological polar surface area (TPSA) is 102 Å². The highest BCUT2D eigenvalue weighted by Gasteiger charge is 2.18. The normalized spacial score (nSPS) is 14.1. The molecule has 0 heterocycles. The Labute approximate surface area is 102 Å². The molecule has 0 spiro atoms. The molecule has 2 unspecified atom stereocenters. The van der Waals surface area contributed by atoms with Crippen molar-refractivity contribution in [2.75, 3.05) is 20.3 Å². The van der Waals surface area contributed by atoms with Crippen LogP contribution in [0.4, 0.5) is 0 Å². The van der Waals surface area contributed by atoms with Gasteiger partial charge in [0, 0.05) is 20.3 Å². The first-order valence-corrected chi connectivity index (χ1v) is 5.77. The van der Waals surface area contributed by atoms with Crippen molar-refractivity contribution in [2.24, 2.45) is 11.7 Å². The number of methoxy groups -OCH3 is 1. The first-order valence-electron chi connectivity index (χ1n) is 5.77. The van der Waals surface area contributed by atoms with Crippen molar-refractivity contribution in [3.8, 4) is 0 Å². The Bertz CT molecular complexity index is 246. The van der Waals surface area contributed by atoms with E-state index in [0.717, 1.165) is 0 Å². The van der Waals surface area contributed by atoms with E-state index in [0.29, 0.717) is 25.9 Å². The SMILES string of the molecule is CCC(CNC(=O)C(N)CCCOC)C(=O)O. The minimum atomic E-state index is -0.902. The molecule has 0 aromatic carbocycles. The van der Waals surface area contributed by atoms with Crippen LogP contribution >= 0.6 is 0 Å². The Morgan fingerprint density at radius 1 is 1.47 bits per heavy atom. The van der Waals surface area contributed by atoms with Crippen LogP contribution < -0.4 is 11.1 Å². The lowest BCUT2D eigenvalue weighted by molar-refractivity contribution is -0.141. The summed E-state index contributed by atoms with van der Waals surface area (Å²) in [6.45, 7) is 2.46. The molecule has 0 radical (unpaired) electrons. The van der Waals surface area contributed by atoms with E-state index in [-0.39, 0.29) is 12.5 Å². The number of aliphatic carboxylic acids is 1. The summed E-state index contributed by atoms with van der Waals surface area (Å²) in [5, 5.41) is 11.4. The van der Waals surface area contributed by atoms with Crippen LogP contribution in [0.2, 0.25) is 0 Å². The fraction of sp³-hybridized carbons (Fsp3) is 0.818. The van der Waals surface area contributed by atoms with Gasteiger partial charge in [-0.05, 0) is 19.3 Å². The zero-order valence-electron chi connectivity index (χ0n) is 10.4. The van der Waals surface area contributed by atoms with Crippen LogP contribution in [0, 0.1) is 5.92 Å². The van der Waals surface area contributed by atoms with E-state index in [1.165, 1.54) is 0 Å². The number of amides is 1. The lowest BCUT2D eigenvalue weighted by Gasteiger charge is -2.14. The quantitative estimate of drug-likeness (QED) is 0.496. The van der Waals surface area contributed by atoms with E-state index in [1.807, 2.05) is 0 Å². The summed E-state index contributed by atoms with van der Waals surface area (Å²) in [5.74, 6) is -1.76. The van der Waals surface area contributed by atoms with Gasteiger partial charge in [0.25, 0.3) is 0 Å². The molecule has 0 saturated carbocycles. The number of carbonyl (C=O) groups is 2. The molecule has 0 aliphatic rings. The Hall–Kier alpha value is -1.14. The molecule has 100 valence electrons. The third kappa shape index (κ3) is 6.91. The van der Waals surface area contributed by atoms with Gasteiger partial charge in [-0.25, -0.2) is 0 Å². The molecular formula is C11H22N2O4. The minimum absolute atomic E-state index is 0.128. The monoisotopic (exact) mass is 246 g/mol. The minimum Gasteiger partial charge on any atom is -0.481 e. The van der Waals surface area contributed by atoms with Crippen LogP contribution in [-0.2, 0) is 14.3 Å². The van der Waals surface area contributed by atoms with E-state index in [4.69, 9.17) is 15.6 Å². The van der Waals surface area contributed by atoms with E-state index in [2.05, 4.69) is 5.32 Å². The van der Waals surface area contributed by atoms with Gasteiger partial charge in [-0.3, -0.25) is 9.59 Å². The van der Waals surface area contributed by atoms with Crippen molar-refractivity contribution in [2.45, 2.75) is 32.2 Å². The molecule has 0 aliphatic carbocycles. The number of hydrogen-bond acceptors (Lipinski definition) is 4. The molecule has 1 amide bonds. The van der Waals surface area contributed by atoms with Gasteiger partial charge in [0.05, 0.1) is 12.0 Å². The number of nitrogens with one attached hydrogen (secondary N) is 1. The molecule has 6 nitrogen and oxygen atoms in total. The van der Waals surface area contributed by atoms with Crippen LogP contribution in [0.15, 0.2) is 0 Å². The number of rotatable bonds is 9. The maximum atomic E-state index is 11.5. The maximum Gasteiger partial charge on any atom is 0.308 e. The third-order valence-electron chi connectivity index (χ3n) is 2.57. The van der Waals surface area contributed by atoms with Crippen molar-refractivity contribution in [1.82, 2.24) is 5.32 Å². The Morgan fingerprint density at radius 2 is 2.12 bits per heavy atom. The molecule has 0 aliphatic heterocycles. The van der Waals surface area contributed by atoms with E-state index in [9.17, 15) is 9.59 Å². The van der Waals surface area contributed by atoms with Crippen molar-refractivity contribution >= 4 is 11.9 Å². The Kier molecular flexibility index (Phi) is 8.35. The summed E-state index contributed by atoms with van der Waals surface area (Å²) < 4.78 is 4.85. The van der Waals surface area contributed by atoms with Gasteiger partial charge in [0.15, 0.2) is 0 Å². The highest BCUT2D eigenvalue weighted by atomic mass is 16.5. The molecule has 0 aromatic rings. The number of carboxylic acid groups (broad SMARTS) is 1. The number of ether oxygens (including phenoxy) is 1. The highest BCUT2D eigenvalue weighted by molar-refractivity contribution is 5.82. The molecule has 6 heteroatoms. The highest BCUT2D eigenvalue weighted by Crippen LogP contribution is 2.01. The molecule has 0 aromatic heterocycles. The zero-order chi connectivity index (χ0) is 13.3. The lowest BCUT2D eigenvalue weighted by Crippen LogP contribution is -2.43. The molecule has 0 rings (SSSR count). The van der Waals surface area contributed by atoms with E-state index in [1.54, 1.807) is 14.0 Å². The second-order valence-electron chi connectivity index (χ2n) is 3.93. The third-order valence-corrected chi connectivity index (χ3v) is 2.57. The van der Waals surface area contributed by atoms with Crippen molar-refractivity contribution in [3.63, 3.8) is 0 Å². The fourth-order valence-electron chi connectivity index (χ4n) is 1.34. The first-order chi connectivity index (χ1) is 8.02. The summed E-state index contributed by atoms with van der Waals surface area (Å²) in [6, 6.07) is -0.601. The summed E-state index contributed by atoms with van der Waals surface area (Å²) >= 11 is 0. The van der Waals surface area contributed by atoms with Crippen LogP contribution in [0.3, 0.4) is 0 Å². The van der Waals surface area contributed by atoms with Gasteiger partial charge in [-0.1, -0.05) is 6.92 Å². The van der Waals surface area contributed by atoms with Gasteiger partial charge in [-0.2, -0.15) is 0 Å². The number of nitrogens with two attached hydrogens (primary N) is 1. The Balaban J connectivity index is 3.87. The number of carboxylic acids is 1. The van der Waals surface area contributed by atoms with Gasteiger partial charge in [0.1, 0.15) is 0 Å². The van der Waals surface area contributed by atoms with Gasteiger partial charge in [0.2, 0.25) is 5.91 Å². The van der Waals surface area contributed by atoms with Gasteiger partial charge in [-0.15, -0.1) is 0 Å². The molecule has 0 saturated heterocycles. The average Bonchev–Trinajstić information content (AvgIpc) is 2.29. The first kappa shape index (κ1) is 15.9. The average molecular weight is 246 g/mol. The maximum absolute atomic E-state index is 11.5. The fourth-order valence-corrected chi connectivity index (χ4v) is 1.34. The molecule has 17 heavy (non-hydrogen) atoms.